The molecule has 1 saturated carbocycles. The van der Waals surface area contributed by atoms with Gasteiger partial charge in [0.2, 0.25) is 0 Å². The molecule has 0 bridgehead atoms. The van der Waals surface area contributed by atoms with E-state index in [1.165, 1.54) is 17.7 Å². The molecule has 1 aliphatic carbocycles. The van der Waals surface area contributed by atoms with Crippen LogP contribution in [-0.4, -0.2) is 6.04 Å². The number of hydrogen-bond acceptors (Lipinski definition) is 3. The molecule has 0 unspecified atom stereocenters. The summed E-state index contributed by atoms with van der Waals surface area (Å²) < 4.78 is 0. The van der Waals surface area contributed by atoms with Gasteiger partial charge in [-0.2, -0.15) is 0 Å². The molecule has 0 saturated heterocycles. The van der Waals surface area contributed by atoms with E-state index in [1.54, 1.807) is 17.4 Å². The molecule has 100 valence electrons. The molecule has 0 radical (unpaired) electrons. The summed E-state index contributed by atoms with van der Waals surface area (Å²) in [5.41, 5.74) is 7.79. The van der Waals surface area contributed by atoms with Crippen LogP contribution in [0.2, 0.25) is 10.0 Å². The molecule has 2 N–H and O–H groups in total. The highest BCUT2D eigenvalue weighted by molar-refractivity contribution is 7.09. The van der Waals surface area contributed by atoms with E-state index in [9.17, 15) is 0 Å². The molecule has 3 rings (SSSR count). The van der Waals surface area contributed by atoms with Gasteiger partial charge in [-0.05, 0) is 36.4 Å². The number of thiophene rings is 1. The molecule has 2 aromatic rings. The standard InChI is InChI=1S/C14H14Cl2N2S/c15-11-6-13(17)14(7-12(11)16)18(9-3-4-9)8-10-2-1-5-19-10/h1-2,5-7,9H,3-4,8,17H2. The van der Waals surface area contributed by atoms with Gasteiger partial charge in [0.1, 0.15) is 0 Å². The molecular weight excluding hydrogens is 299 g/mol. The number of nitrogens with two attached hydrogens (primary N) is 1. The summed E-state index contributed by atoms with van der Waals surface area (Å²) in [4.78, 5) is 3.67. The summed E-state index contributed by atoms with van der Waals surface area (Å²) in [6.45, 7) is 0.879. The first-order valence-electron chi connectivity index (χ1n) is 6.18. The number of nitrogens with zero attached hydrogens (tertiary/aromatic N) is 1. The molecule has 5 heteroatoms. The Bertz CT molecular complexity index is 579. The molecule has 1 aromatic heterocycles. The molecular formula is C14H14Cl2N2S. The van der Waals surface area contributed by atoms with Crippen molar-refractivity contribution >= 4 is 45.9 Å². The van der Waals surface area contributed by atoms with Gasteiger partial charge in [0.15, 0.2) is 0 Å². The topological polar surface area (TPSA) is 29.3 Å². The maximum atomic E-state index is 6.13. The first kappa shape index (κ1) is 13.1. The predicted octanol–water partition coefficient (Wildman–Crippen LogP) is 4.81. The predicted molar refractivity (Wildman–Crippen MR) is 84.4 cm³/mol. The Balaban J connectivity index is 1.94. The van der Waals surface area contributed by atoms with E-state index in [1.807, 2.05) is 6.07 Å². The van der Waals surface area contributed by atoms with E-state index >= 15 is 0 Å². The molecule has 1 fully saturated rings. The summed E-state index contributed by atoms with van der Waals surface area (Å²) in [6, 6.07) is 8.41. The maximum absolute atomic E-state index is 6.13. The van der Waals surface area contributed by atoms with Crippen molar-refractivity contribution in [3.63, 3.8) is 0 Å². The Morgan fingerprint density at radius 1 is 1.26 bits per heavy atom. The van der Waals surface area contributed by atoms with Gasteiger partial charge in [-0.15, -0.1) is 11.3 Å². The van der Waals surface area contributed by atoms with Crippen LogP contribution >= 0.6 is 34.5 Å². The summed E-state index contributed by atoms with van der Waals surface area (Å²) in [5.74, 6) is 0. The smallest absolute Gasteiger partial charge is 0.0621 e. The minimum Gasteiger partial charge on any atom is -0.397 e. The van der Waals surface area contributed by atoms with Crippen molar-refractivity contribution in [2.45, 2.75) is 25.4 Å². The SMILES string of the molecule is Nc1cc(Cl)c(Cl)cc1N(Cc1cccs1)C1CC1. The van der Waals surface area contributed by atoms with Gasteiger partial charge in [-0.1, -0.05) is 29.3 Å². The van der Waals surface area contributed by atoms with Crippen molar-refractivity contribution in [1.82, 2.24) is 0 Å². The Kier molecular flexibility index (Phi) is 3.61. The third kappa shape index (κ3) is 2.83. The lowest BCUT2D eigenvalue weighted by molar-refractivity contribution is 0.805. The van der Waals surface area contributed by atoms with E-state index in [0.717, 1.165) is 12.2 Å². The largest absolute Gasteiger partial charge is 0.397 e. The van der Waals surface area contributed by atoms with E-state index in [0.29, 0.717) is 21.8 Å². The molecule has 1 aromatic carbocycles. The number of hydrogen-bond donors (Lipinski definition) is 1. The van der Waals surface area contributed by atoms with E-state index in [-0.39, 0.29) is 0 Å². The highest BCUT2D eigenvalue weighted by Gasteiger charge is 2.30. The van der Waals surface area contributed by atoms with Crippen molar-refractivity contribution in [3.05, 3.63) is 44.6 Å². The van der Waals surface area contributed by atoms with Crippen molar-refractivity contribution < 1.29 is 0 Å². The molecule has 0 spiro atoms. The lowest BCUT2D eigenvalue weighted by atomic mass is 10.2. The van der Waals surface area contributed by atoms with Crippen molar-refractivity contribution in [1.29, 1.82) is 0 Å². The average molecular weight is 313 g/mol. The van der Waals surface area contributed by atoms with E-state index in [2.05, 4.69) is 22.4 Å². The molecule has 0 aliphatic heterocycles. The summed E-state index contributed by atoms with van der Waals surface area (Å²) >= 11 is 13.9. The van der Waals surface area contributed by atoms with Crippen molar-refractivity contribution in [2.24, 2.45) is 0 Å². The van der Waals surface area contributed by atoms with Crippen LogP contribution < -0.4 is 10.6 Å². The van der Waals surface area contributed by atoms with Gasteiger partial charge < -0.3 is 10.6 Å². The second-order valence-corrected chi connectivity index (χ2v) is 6.61. The van der Waals surface area contributed by atoms with E-state index in [4.69, 9.17) is 28.9 Å². The van der Waals surface area contributed by atoms with Crippen LogP contribution in [0.4, 0.5) is 11.4 Å². The minimum absolute atomic E-state index is 0.509. The van der Waals surface area contributed by atoms with Gasteiger partial charge in [0, 0.05) is 10.9 Å². The average Bonchev–Trinajstić information content (AvgIpc) is 3.09. The zero-order chi connectivity index (χ0) is 13.4. The maximum Gasteiger partial charge on any atom is 0.0621 e. The van der Waals surface area contributed by atoms with Crippen LogP contribution in [0.1, 0.15) is 17.7 Å². The Morgan fingerprint density at radius 2 is 2.00 bits per heavy atom. The zero-order valence-corrected chi connectivity index (χ0v) is 12.6. The molecule has 2 nitrogen and oxygen atoms in total. The lowest BCUT2D eigenvalue weighted by Crippen LogP contribution is -2.25. The first-order chi connectivity index (χ1) is 9.15. The lowest BCUT2D eigenvalue weighted by Gasteiger charge is -2.26. The van der Waals surface area contributed by atoms with Crippen LogP contribution in [-0.2, 0) is 6.54 Å². The van der Waals surface area contributed by atoms with Gasteiger partial charge in [0.05, 0.1) is 28.0 Å². The van der Waals surface area contributed by atoms with Crippen LogP contribution in [0.5, 0.6) is 0 Å². The molecule has 0 amide bonds. The number of rotatable bonds is 4. The van der Waals surface area contributed by atoms with E-state index < -0.39 is 0 Å². The zero-order valence-electron chi connectivity index (χ0n) is 10.3. The van der Waals surface area contributed by atoms with Crippen molar-refractivity contribution in [2.75, 3.05) is 10.6 Å². The number of benzene rings is 1. The Morgan fingerprint density at radius 3 is 2.63 bits per heavy atom. The van der Waals surface area contributed by atoms with Gasteiger partial charge >= 0.3 is 0 Å². The molecule has 1 heterocycles. The summed E-state index contributed by atoms with van der Waals surface area (Å²) in [6.07, 6.45) is 2.43. The third-order valence-corrected chi connectivity index (χ3v) is 4.86. The van der Waals surface area contributed by atoms with Gasteiger partial charge in [-0.3, -0.25) is 0 Å². The van der Waals surface area contributed by atoms with Crippen molar-refractivity contribution in [3.8, 4) is 0 Å². The summed E-state index contributed by atoms with van der Waals surface area (Å²) in [7, 11) is 0. The summed E-state index contributed by atoms with van der Waals surface area (Å²) in [5, 5.41) is 3.16. The minimum atomic E-state index is 0.509. The van der Waals surface area contributed by atoms with Crippen LogP contribution in [0.25, 0.3) is 0 Å². The van der Waals surface area contributed by atoms with Gasteiger partial charge in [0.25, 0.3) is 0 Å². The number of halogens is 2. The second kappa shape index (κ2) is 5.23. The highest BCUT2D eigenvalue weighted by Crippen LogP contribution is 2.39. The third-order valence-electron chi connectivity index (χ3n) is 3.27. The Labute approximate surface area is 126 Å². The molecule has 19 heavy (non-hydrogen) atoms. The Hall–Kier alpha value is -0.900. The number of nitrogen functional groups attached to an aromatic ring is 1. The number of anilines is 2. The normalized spacial score (nSPS) is 14.6. The monoisotopic (exact) mass is 312 g/mol. The molecule has 0 atom stereocenters. The van der Waals surface area contributed by atoms with Crippen LogP contribution in [0.3, 0.4) is 0 Å². The van der Waals surface area contributed by atoms with Crippen LogP contribution in [0, 0.1) is 0 Å². The first-order valence-corrected chi connectivity index (χ1v) is 7.82. The molecule has 1 aliphatic rings. The second-order valence-electron chi connectivity index (χ2n) is 4.76. The highest BCUT2D eigenvalue weighted by atomic mass is 35.5. The van der Waals surface area contributed by atoms with Crippen LogP contribution in [0.15, 0.2) is 29.6 Å². The fraction of sp³-hybridized carbons (Fsp3) is 0.286. The fourth-order valence-corrected chi connectivity index (χ4v) is 3.20. The quantitative estimate of drug-likeness (QED) is 0.821. The fourth-order valence-electron chi connectivity index (χ4n) is 2.17. The van der Waals surface area contributed by atoms with Gasteiger partial charge in [-0.25, -0.2) is 0 Å².